The van der Waals surface area contributed by atoms with Crippen LogP contribution in [0.2, 0.25) is 0 Å². The van der Waals surface area contributed by atoms with Crippen LogP contribution in [0.1, 0.15) is 25.6 Å². The number of carbonyl (C=O) groups excluding carboxylic acids is 1. The first-order valence-electron chi connectivity index (χ1n) is 3.86. The van der Waals surface area contributed by atoms with E-state index in [1.807, 2.05) is 0 Å². The highest BCUT2D eigenvalue weighted by Gasteiger charge is 2.19. The highest BCUT2D eigenvalue weighted by molar-refractivity contribution is 7.15. The van der Waals surface area contributed by atoms with Crippen molar-refractivity contribution in [2.75, 3.05) is 5.32 Å². The molecule has 0 bridgehead atoms. The Morgan fingerprint density at radius 1 is 1.69 bits per heavy atom. The van der Waals surface area contributed by atoms with E-state index in [1.165, 1.54) is 18.3 Å². The number of thiazole rings is 1. The molecule has 0 aromatic carbocycles. The maximum Gasteiger partial charge on any atom is 0.223 e. The Balaban J connectivity index is 2.81. The summed E-state index contributed by atoms with van der Waals surface area (Å²) >= 11 is 1.28. The van der Waals surface area contributed by atoms with Gasteiger partial charge in [0.05, 0.1) is 10.5 Å². The molecule has 0 fully saturated rings. The minimum absolute atomic E-state index is 0.156. The van der Waals surface area contributed by atoms with Gasteiger partial charge in [-0.25, -0.2) is 4.98 Å². The van der Waals surface area contributed by atoms with Gasteiger partial charge in [0.1, 0.15) is 0 Å². The molecular weight excluding hydrogens is 188 g/mol. The van der Waals surface area contributed by atoms with Gasteiger partial charge in [0.2, 0.25) is 5.91 Å². The minimum Gasteiger partial charge on any atom is -0.385 e. The number of carbonyl (C=O) groups is 1. The van der Waals surface area contributed by atoms with Crippen LogP contribution >= 0.6 is 11.3 Å². The second kappa shape index (κ2) is 3.43. The molecule has 4 nitrogen and oxygen atoms in total. The number of aromatic nitrogens is 1. The third-order valence-corrected chi connectivity index (χ3v) is 2.62. The van der Waals surface area contributed by atoms with E-state index in [-0.39, 0.29) is 5.91 Å². The number of rotatable bonds is 2. The molecule has 1 aromatic rings. The molecule has 0 radical (unpaired) electrons. The number of hydrogen-bond acceptors (Lipinski definition) is 4. The SMILES string of the molecule is CC(=O)Nc1ncc(C(C)(C)O)s1. The minimum atomic E-state index is -0.894. The summed E-state index contributed by atoms with van der Waals surface area (Å²) in [7, 11) is 0. The average molecular weight is 200 g/mol. The van der Waals surface area contributed by atoms with Crippen LogP contribution < -0.4 is 5.32 Å². The zero-order valence-electron chi connectivity index (χ0n) is 7.79. The lowest BCUT2D eigenvalue weighted by atomic mass is 10.1. The normalized spacial score (nSPS) is 11.4. The fraction of sp³-hybridized carbons (Fsp3) is 0.500. The Hall–Kier alpha value is -0.940. The summed E-state index contributed by atoms with van der Waals surface area (Å²) in [5, 5.41) is 12.7. The first-order valence-corrected chi connectivity index (χ1v) is 4.67. The second-order valence-electron chi connectivity index (χ2n) is 3.27. The van der Waals surface area contributed by atoms with Gasteiger partial charge in [-0.05, 0) is 13.8 Å². The molecule has 0 aliphatic carbocycles. The lowest BCUT2D eigenvalue weighted by molar-refractivity contribution is -0.114. The van der Waals surface area contributed by atoms with Crippen molar-refractivity contribution < 1.29 is 9.90 Å². The van der Waals surface area contributed by atoms with Crippen molar-refractivity contribution in [2.45, 2.75) is 26.4 Å². The third-order valence-electron chi connectivity index (χ3n) is 1.39. The van der Waals surface area contributed by atoms with Crippen LogP contribution in [0.5, 0.6) is 0 Å². The quantitative estimate of drug-likeness (QED) is 0.757. The van der Waals surface area contributed by atoms with Gasteiger partial charge in [0, 0.05) is 13.1 Å². The van der Waals surface area contributed by atoms with Crippen LogP contribution in [0.15, 0.2) is 6.20 Å². The first-order chi connectivity index (χ1) is 5.89. The van der Waals surface area contributed by atoms with E-state index < -0.39 is 5.60 Å². The Morgan fingerprint density at radius 2 is 2.31 bits per heavy atom. The zero-order valence-corrected chi connectivity index (χ0v) is 8.60. The summed E-state index contributed by atoms with van der Waals surface area (Å²) in [5.74, 6) is -0.156. The summed E-state index contributed by atoms with van der Waals surface area (Å²) in [6, 6.07) is 0. The molecule has 0 atom stereocenters. The number of hydrogen-bond donors (Lipinski definition) is 2. The highest BCUT2D eigenvalue weighted by atomic mass is 32.1. The number of amides is 1. The lowest BCUT2D eigenvalue weighted by Crippen LogP contribution is -2.12. The molecular formula is C8H12N2O2S. The molecule has 1 amide bonds. The maximum atomic E-state index is 10.7. The second-order valence-corrected chi connectivity index (χ2v) is 4.30. The predicted octanol–water partition coefficient (Wildman–Crippen LogP) is 1.33. The van der Waals surface area contributed by atoms with E-state index in [0.717, 1.165) is 4.88 Å². The van der Waals surface area contributed by atoms with Crippen molar-refractivity contribution in [3.8, 4) is 0 Å². The van der Waals surface area contributed by atoms with E-state index in [4.69, 9.17) is 0 Å². The monoisotopic (exact) mass is 200 g/mol. The fourth-order valence-corrected chi connectivity index (χ4v) is 1.63. The summed E-state index contributed by atoms with van der Waals surface area (Å²) in [6.45, 7) is 4.78. The van der Waals surface area contributed by atoms with E-state index in [0.29, 0.717) is 5.13 Å². The fourth-order valence-electron chi connectivity index (χ4n) is 0.765. The smallest absolute Gasteiger partial charge is 0.223 e. The van der Waals surface area contributed by atoms with E-state index >= 15 is 0 Å². The molecule has 0 saturated carbocycles. The molecule has 1 rings (SSSR count). The molecule has 5 heteroatoms. The number of nitrogens with one attached hydrogen (secondary N) is 1. The maximum absolute atomic E-state index is 10.7. The van der Waals surface area contributed by atoms with Crippen molar-refractivity contribution in [1.29, 1.82) is 0 Å². The van der Waals surface area contributed by atoms with Gasteiger partial charge in [-0.15, -0.1) is 0 Å². The molecule has 0 spiro atoms. The molecule has 0 aliphatic heterocycles. The molecule has 0 saturated heterocycles. The van der Waals surface area contributed by atoms with Crippen LogP contribution in [0.25, 0.3) is 0 Å². The Bertz CT molecular complexity index is 314. The Labute approximate surface area is 80.6 Å². The van der Waals surface area contributed by atoms with Crippen molar-refractivity contribution in [3.63, 3.8) is 0 Å². The molecule has 13 heavy (non-hydrogen) atoms. The lowest BCUT2D eigenvalue weighted by Gasteiger charge is -2.12. The van der Waals surface area contributed by atoms with E-state index in [1.54, 1.807) is 20.0 Å². The summed E-state index contributed by atoms with van der Waals surface area (Å²) in [6.07, 6.45) is 1.57. The van der Waals surface area contributed by atoms with Crippen LogP contribution in [0.4, 0.5) is 5.13 Å². The standard InChI is InChI=1S/C8H12N2O2S/c1-5(11)10-7-9-4-6(13-7)8(2,3)12/h4,12H,1-3H3,(H,9,10,11). The Morgan fingerprint density at radius 3 is 2.69 bits per heavy atom. The van der Waals surface area contributed by atoms with Crippen molar-refractivity contribution in [1.82, 2.24) is 4.98 Å². The van der Waals surface area contributed by atoms with Gasteiger partial charge in [0.15, 0.2) is 5.13 Å². The van der Waals surface area contributed by atoms with Gasteiger partial charge >= 0.3 is 0 Å². The van der Waals surface area contributed by atoms with Crippen LogP contribution in [-0.4, -0.2) is 16.0 Å². The van der Waals surface area contributed by atoms with Crippen molar-refractivity contribution >= 4 is 22.4 Å². The van der Waals surface area contributed by atoms with Crippen LogP contribution in [0.3, 0.4) is 0 Å². The number of aliphatic hydroxyl groups is 1. The van der Waals surface area contributed by atoms with Crippen LogP contribution in [0, 0.1) is 0 Å². The highest BCUT2D eigenvalue weighted by Crippen LogP contribution is 2.28. The van der Waals surface area contributed by atoms with Gasteiger partial charge in [-0.2, -0.15) is 0 Å². The van der Waals surface area contributed by atoms with Gasteiger partial charge in [-0.3, -0.25) is 4.79 Å². The third kappa shape index (κ3) is 2.78. The van der Waals surface area contributed by atoms with Gasteiger partial charge in [-0.1, -0.05) is 11.3 Å². The zero-order chi connectivity index (χ0) is 10.1. The average Bonchev–Trinajstić information content (AvgIpc) is 2.32. The topological polar surface area (TPSA) is 62.2 Å². The van der Waals surface area contributed by atoms with Gasteiger partial charge < -0.3 is 10.4 Å². The first kappa shape index (κ1) is 10.1. The summed E-state index contributed by atoms with van der Waals surface area (Å²) in [4.78, 5) is 15.3. The predicted molar refractivity (Wildman–Crippen MR) is 51.7 cm³/mol. The largest absolute Gasteiger partial charge is 0.385 e. The van der Waals surface area contributed by atoms with Crippen LogP contribution in [-0.2, 0) is 10.4 Å². The van der Waals surface area contributed by atoms with Crippen molar-refractivity contribution in [3.05, 3.63) is 11.1 Å². The van der Waals surface area contributed by atoms with Gasteiger partial charge in [0.25, 0.3) is 0 Å². The molecule has 0 aliphatic rings. The molecule has 2 N–H and O–H groups in total. The molecule has 72 valence electrons. The van der Waals surface area contributed by atoms with E-state index in [2.05, 4.69) is 10.3 Å². The molecule has 0 unspecified atom stereocenters. The number of anilines is 1. The molecule has 1 aromatic heterocycles. The number of nitrogens with zero attached hydrogens (tertiary/aromatic N) is 1. The Kier molecular flexibility index (Phi) is 2.68. The summed E-state index contributed by atoms with van der Waals surface area (Å²) in [5.41, 5.74) is -0.894. The summed E-state index contributed by atoms with van der Waals surface area (Å²) < 4.78 is 0. The van der Waals surface area contributed by atoms with E-state index in [9.17, 15) is 9.90 Å². The molecule has 1 heterocycles. The van der Waals surface area contributed by atoms with Crippen molar-refractivity contribution in [2.24, 2.45) is 0 Å².